The summed E-state index contributed by atoms with van der Waals surface area (Å²) in [4.78, 5) is 13.8. The lowest BCUT2D eigenvalue weighted by Crippen LogP contribution is -2.25. The largest absolute Gasteiger partial charge is 0.496 e. The first-order valence-electron chi connectivity index (χ1n) is 5.95. The van der Waals surface area contributed by atoms with Crippen molar-refractivity contribution in [3.63, 3.8) is 0 Å². The van der Waals surface area contributed by atoms with Gasteiger partial charge in [0.15, 0.2) is 5.78 Å². The second-order valence-electron chi connectivity index (χ2n) is 3.90. The zero-order chi connectivity index (χ0) is 13.5. The van der Waals surface area contributed by atoms with E-state index >= 15 is 0 Å². The summed E-state index contributed by atoms with van der Waals surface area (Å²) in [6.07, 6.45) is 0.433. The van der Waals surface area contributed by atoms with Gasteiger partial charge in [0.25, 0.3) is 0 Å². The smallest absolute Gasteiger partial charge is 0.165 e. The molecule has 0 saturated heterocycles. The van der Waals surface area contributed by atoms with E-state index in [1.54, 1.807) is 13.2 Å². The quantitative estimate of drug-likeness (QED) is 0.724. The molecule has 0 saturated carbocycles. The number of Topliss-reactive ketones (excluding diaryl/α,β-unsaturated/α-hetero) is 1. The zero-order valence-corrected chi connectivity index (χ0v) is 11.1. The van der Waals surface area contributed by atoms with Crippen LogP contribution in [-0.2, 0) is 0 Å². The standard InChI is InChI=1S/C14H18N2O2/c1-4-16(10-6-9-15)12-7-5-8-13(18-3)14(12)11(2)17/h5,7-8H,4,6,10H2,1-3H3. The van der Waals surface area contributed by atoms with Gasteiger partial charge >= 0.3 is 0 Å². The molecule has 0 N–H and O–H groups in total. The summed E-state index contributed by atoms with van der Waals surface area (Å²) in [5, 5.41) is 8.67. The van der Waals surface area contributed by atoms with Crippen molar-refractivity contribution in [2.75, 3.05) is 25.1 Å². The van der Waals surface area contributed by atoms with E-state index in [9.17, 15) is 4.79 Å². The molecule has 1 aromatic rings. The number of nitriles is 1. The molecule has 0 aliphatic carbocycles. The molecule has 0 aliphatic heterocycles. The maximum atomic E-state index is 11.8. The second-order valence-corrected chi connectivity index (χ2v) is 3.90. The van der Waals surface area contributed by atoms with E-state index in [0.29, 0.717) is 24.3 Å². The van der Waals surface area contributed by atoms with E-state index in [4.69, 9.17) is 10.00 Å². The fourth-order valence-electron chi connectivity index (χ4n) is 1.94. The molecule has 0 bridgehead atoms. The summed E-state index contributed by atoms with van der Waals surface area (Å²) in [6, 6.07) is 7.64. The first kappa shape index (κ1) is 14.0. The Bertz CT molecular complexity index is 463. The van der Waals surface area contributed by atoms with Gasteiger partial charge in [0.05, 0.1) is 30.9 Å². The fourth-order valence-corrected chi connectivity index (χ4v) is 1.94. The van der Waals surface area contributed by atoms with Crippen LogP contribution in [0.25, 0.3) is 0 Å². The average Bonchev–Trinajstić information content (AvgIpc) is 2.38. The minimum Gasteiger partial charge on any atom is -0.496 e. The number of anilines is 1. The molecule has 0 unspecified atom stereocenters. The monoisotopic (exact) mass is 246 g/mol. The predicted molar refractivity (Wildman–Crippen MR) is 71.1 cm³/mol. The van der Waals surface area contributed by atoms with E-state index in [1.807, 2.05) is 24.0 Å². The molecule has 0 amide bonds. The highest BCUT2D eigenvalue weighted by atomic mass is 16.5. The SMILES string of the molecule is CCN(CCC#N)c1cccc(OC)c1C(C)=O. The highest BCUT2D eigenvalue weighted by Gasteiger charge is 2.17. The van der Waals surface area contributed by atoms with Crippen molar-refractivity contribution in [3.8, 4) is 11.8 Å². The van der Waals surface area contributed by atoms with Crippen molar-refractivity contribution in [1.82, 2.24) is 0 Å². The highest BCUT2D eigenvalue weighted by Crippen LogP contribution is 2.29. The second kappa shape index (κ2) is 6.65. The van der Waals surface area contributed by atoms with Crippen LogP contribution >= 0.6 is 0 Å². The van der Waals surface area contributed by atoms with Crippen molar-refractivity contribution in [2.45, 2.75) is 20.3 Å². The Hall–Kier alpha value is -2.02. The molecular formula is C14H18N2O2. The van der Waals surface area contributed by atoms with Gasteiger partial charge in [-0.15, -0.1) is 0 Å². The van der Waals surface area contributed by atoms with Gasteiger partial charge < -0.3 is 9.64 Å². The predicted octanol–water partition coefficient (Wildman–Crippen LogP) is 2.64. The van der Waals surface area contributed by atoms with Gasteiger partial charge in [-0.1, -0.05) is 6.07 Å². The normalized spacial score (nSPS) is 9.67. The molecular weight excluding hydrogens is 228 g/mol. The summed E-state index contributed by atoms with van der Waals surface area (Å²) in [6.45, 7) is 4.88. The van der Waals surface area contributed by atoms with Crippen LogP contribution in [0.5, 0.6) is 5.75 Å². The Morgan fingerprint density at radius 1 is 1.50 bits per heavy atom. The lowest BCUT2D eigenvalue weighted by atomic mass is 10.1. The van der Waals surface area contributed by atoms with Crippen molar-refractivity contribution >= 4 is 11.5 Å². The molecule has 96 valence electrons. The molecule has 0 aliphatic rings. The number of nitrogens with zero attached hydrogens (tertiary/aromatic N) is 2. The van der Waals surface area contributed by atoms with Gasteiger partial charge in [-0.2, -0.15) is 5.26 Å². The number of hydrogen-bond acceptors (Lipinski definition) is 4. The van der Waals surface area contributed by atoms with Gasteiger partial charge in [-0.3, -0.25) is 4.79 Å². The molecule has 1 rings (SSSR count). The fraction of sp³-hybridized carbons (Fsp3) is 0.429. The molecule has 4 nitrogen and oxygen atoms in total. The molecule has 0 aromatic heterocycles. The molecule has 0 radical (unpaired) electrons. The van der Waals surface area contributed by atoms with Crippen molar-refractivity contribution in [2.24, 2.45) is 0 Å². The first-order chi connectivity index (χ1) is 8.65. The molecule has 18 heavy (non-hydrogen) atoms. The van der Waals surface area contributed by atoms with Crippen LogP contribution in [0.1, 0.15) is 30.6 Å². The maximum absolute atomic E-state index is 11.8. The molecule has 4 heteroatoms. The third-order valence-corrected chi connectivity index (χ3v) is 2.79. The number of carbonyl (C=O) groups is 1. The number of ketones is 1. The lowest BCUT2D eigenvalue weighted by molar-refractivity contribution is 0.101. The third-order valence-electron chi connectivity index (χ3n) is 2.79. The van der Waals surface area contributed by atoms with E-state index in [2.05, 4.69) is 6.07 Å². The number of hydrogen-bond donors (Lipinski definition) is 0. The van der Waals surface area contributed by atoms with Crippen molar-refractivity contribution < 1.29 is 9.53 Å². The Labute approximate surface area is 108 Å². The molecule has 0 atom stereocenters. The van der Waals surface area contributed by atoms with E-state index in [1.165, 1.54) is 6.92 Å². The maximum Gasteiger partial charge on any atom is 0.165 e. The van der Waals surface area contributed by atoms with E-state index < -0.39 is 0 Å². The first-order valence-corrected chi connectivity index (χ1v) is 5.95. The number of benzene rings is 1. The van der Waals surface area contributed by atoms with Gasteiger partial charge in [0, 0.05) is 13.1 Å². The summed E-state index contributed by atoms with van der Waals surface area (Å²) >= 11 is 0. The van der Waals surface area contributed by atoms with Gasteiger partial charge in [-0.25, -0.2) is 0 Å². The van der Waals surface area contributed by atoms with Crippen LogP contribution in [0, 0.1) is 11.3 Å². The van der Waals surface area contributed by atoms with Crippen LogP contribution in [0.3, 0.4) is 0 Å². The molecule has 0 spiro atoms. The van der Waals surface area contributed by atoms with Crippen LogP contribution in [-0.4, -0.2) is 26.0 Å². The van der Waals surface area contributed by atoms with Gasteiger partial charge in [0.1, 0.15) is 5.75 Å². The average molecular weight is 246 g/mol. The van der Waals surface area contributed by atoms with E-state index in [-0.39, 0.29) is 5.78 Å². The number of ether oxygens (including phenoxy) is 1. The minimum atomic E-state index is -0.0298. The summed E-state index contributed by atoms with van der Waals surface area (Å²) in [5.74, 6) is 0.549. The van der Waals surface area contributed by atoms with Gasteiger partial charge in [0.2, 0.25) is 0 Å². The number of methoxy groups -OCH3 is 1. The summed E-state index contributed by atoms with van der Waals surface area (Å²) in [5.41, 5.74) is 1.42. The van der Waals surface area contributed by atoms with Crippen LogP contribution in [0.4, 0.5) is 5.69 Å². The van der Waals surface area contributed by atoms with Gasteiger partial charge in [-0.05, 0) is 26.0 Å². The summed E-state index contributed by atoms with van der Waals surface area (Å²) in [7, 11) is 1.55. The van der Waals surface area contributed by atoms with Crippen LogP contribution in [0.15, 0.2) is 18.2 Å². The van der Waals surface area contributed by atoms with Crippen LogP contribution in [0.2, 0.25) is 0 Å². The summed E-state index contributed by atoms with van der Waals surface area (Å²) < 4.78 is 5.23. The highest BCUT2D eigenvalue weighted by molar-refractivity contribution is 6.02. The molecule has 1 aromatic carbocycles. The topological polar surface area (TPSA) is 53.3 Å². The third kappa shape index (κ3) is 3.01. The van der Waals surface area contributed by atoms with Crippen molar-refractivity contribution in [1.29, 1.82) is 5.26 Å². The van der Waals surface area contributed by atoms with E-state index in [0.717, 1.165) is 12.2 Å². The molecule has 0 fully saturated rings. The Morgan fingerprint density at radius 2 is 2.22 bits per heavy atom. The van der Waals surface area contributed by atoms with Crippen LogP contribution < -0.4 is 9.64 Å². The Balaban J connectivity index is 3.21. The Morgan fingerprint density at radius 3 is 2.72 bits per heavy atom. The number of carbonyl (C=O) groups excluding carboxylic acids is 1. The van der Waals surface area contributed by atoms with Crippen molar-refractivity contribution in [3.05, 3.63) is 23.8 Å². The minimum absolute atomic E-state index is 0.0298. The zero-order valence-electron chi connectivity index (χ0n) is 11.1. The Kier molecular flexibility index (Phi) is 5.19. The molecule has 0 heterocycles. The lowest BCUT2D eigenvalue weighted by Gasteiger charge is -2.25. The number of rotatable bonds is 6.